The van der Waals surface area contributed by atoms with Crippen LogP contribution in [0.5, 0.6) is 11.5 Å². The number of hydrogen-bond acceptors (Lipinski definition) is 12. The lowest BCUT2D eigenvalue weighted by molar-refractivity contribution is -0.161. The highest BCUT2D eigenvalue weighted by Gasteiger charge is 2.35. The van der Waals surface area contributed by atoms with Crippen molar-refractivity contribution in [1.29, 1.82) is 0 Å². The summed E-state index contributed by atoms with van der Waals surface area (Å²) in [6, 6.07) is 27.5. The van der Waals surface area contributed by atoms with E-state index in [1.54, 1.807) is 0 Å². The number of benzene rings is 4. The van der Waals surface area contributed by atoms with Gasteiger partial charge in [-0.2, -0.15) is 0 Å². The van der Waals surface area contributed by atoms with Gasteiger partial charge in [-0.15, -0.1) is 0 Å². The highest BCUT2D eigenvalue weighted by atomic mass is 16.5. The normalized spacial score (nSPS) is 13.7. The fraction of sp³-hybridized carbons (Fsp3) is 0.310. The maximum absolute atomic E-state index is 12.5. The third kappa shape index (κ3) is 11.1. The van der Waals surface area contributed by atoms with E-state index in [9.17, 15) is 29.4 Å². The first-order valence-electron chi connectivity index (χ1n) is 24.2. The number of hydrogen-bond donors (Lipinski definition) is 4. The van der Waals surface area contributed by atoms with Crippen LogP contribution in [0.25, 0.3) is 65.9 Å². The second-order valence-electron chi connectivity index (χ2n) is 20.0. The Kier molecular flexibility index (Phi) is 15.0. The summed E-state index contributed by atoms with van der Waals surface area (Å²) >= 11 is 0. The zero-order valence-electron chi connectivity index (χ0n) is 42.5. The van der Waals surface area contributed by atoms with Crippen molar-refractivity contribution in [1.82, 2.24) is 19.9 Å². The van der Waals surface area contributed by atoms with Crippen LogP contribution in [0, 0.1) is 13.8 Å². The van der Waals surface area contributed by atoms with E-state index in [0.717, 1.165) is 90.2 Å². The van der Waals surface area contributed by atoms with Crippen LogP contribution in [0.4, 0.5) is 0 Å². The molecule has 8 aromatic rings. The molecule has 10 rings (SSSR count). The van der Waals surface area contributed by atoms with Crippen LogP contribution in [0.1, 0.15) is 100 Å². The number of rotatable bonds is 11. The average molecular weight is 1000 g/mol. The Morgan fingerprint density at radius 1 is 0.554 bits per heavy atom. The summed E-state index contributed by atoms with van der Waals surface area (Å²) in [7, 11) is 0. The molecule has 0 radical (unpaired) electrons. The minimum Gasteiger partial charge on any atom is -0.493 e. The summed E-state index contributed by atoms with van der Waals surface area (Å²) in [5.74, 6) is -2.64. The van der Waals surface area contributed by atoms with E-state index >= 15 is 0 Å². The molecule has 0 aliphatic carbocycles. The molecular formula is C58H58N4O12. The number of para-hydroxylation sites is 2. The topological polar surface area (TPSA) is 238 Å². The van der Waals surface area contributed by atoms with Crippen LogP contribution >= 0.6 is 0 Å². The molecule has 0 unspecified atom stereocenters. The number of carbonyl (C=O) groups is 4. The van der Waals surface area contributed by atoms with Gasteiger partial charge in [0.15, 0.2) is 12.2 Å². The summed E-state index contributed by atoms with van der Waals surface area (Å²) in [4.78, 5) is 63.2. The lowest BCUT2D eigenvalue weighted by Gasteiger charge is -2.28. The molecule has 6 heterocycles. The van der Waals surface area contributed by atoms with E-state index in [-0.39, 0.29) is 12.8 Å². The van der Waals surface area contributed by atoms with Crippen LogP contribution in [0.15, 0.2) is 97.3 Å². The predicted octanol–water partition coefficient (Wildman–Crippen LogP) is 11.2. The Balaban J connectivity index is 0.000000172. The smallest absolute Gasteiger partial charge is 0.337 e. The molecule has 0 bridgehead atoms. The fourth-order valence-corrected chi connectivity index (χ4v) is 9.51. The minimum atomic E-state index is -1.18. The van der Waals surface area contributed by atoms with Crippen molar-refractivity contribution in [3.63, 3.8) is 0 Å². The lowest BCUT2D eigenvalue weighted by Crippen LogP contribution is -2.28. The number of aromatic nitrogens is 4. The zero-order valence-corrected chi connectivity index (χ0v) is 42.5. The molecule has 2 atom stereocenters. The summed E-state index contributed by atoms with van der Waals surface area (Å²) in [5, 5.41) is 39.9. The molecule has 0 amide bonds. The predicted molar refractivity (Wildman–Crippen MR) is 280 cm³/mol. The van der Waals surface area contributed by atoms with E-state index < -0.39 is 47.3 Å². The Hall–Kier alpha value is -8.08. The van der Waals surface area contributed by atoms with Crippen LogP contribution in [-0.2, 0) is 41.5 Å². The molecule has 16 heteroatoms. The van der Waals surface area contributed by atoms with Gasteiger partial charge in [-0.3, -0.25) is 29.5 Å². The van der Waals surface area contributed by atoms with Gasteiger partial charge >= 0.3 is 23.9 Å². The fourth-order valence-electron chi connectivity index (χ4n) is 9.51. The van der Waals surface area contributed by atoms with Gasteiger partial charge in [0, 0.05) is 91.5 Å². The first-order valence-corrected chi connectivity index (χ1v) is 24.2. The van der Waals surface area contributed by atoms with Crippen molar-refractivity contribution < 1.29 is 58.6 Å². The van der Waals surface area contributed by atoms with Crippen LogP contribution < -0.4 is 9.47 Å². The standard InChI is InChI=1S/2C27H26N2O4.C4H6O4/c2*1-15-21(25(26(30)31)33-27(2,3)4)23(17-7-5-6-8-19(17)29-15)18-9-10-20-22-16(12-14-32-20)11-13-28-24(18)22;5-3(6)1-2-4(7)8/h2*5-11,13,25H,12,14H2,1-4H3,(H,30,31);1-2H2,(H,5,6)(H,7,8)/t2*25-;/m00./s1. The van der Waals surface area contributed by atoms with Crippen LogP contribution in [0.2, 0.25) is 0 Å². The largest absolute Gasteiger partial charge is 0.493 e. The van der Waals surface area contributed by atoms with Gasteiger partial charge in [0.1, 0.15) is 11.5 Å². The van der Waals surface area contributed by atoms with E-state index in [1.807, 2.05) is 153 Å². The molecule has 0 saturated heterocycles. The monoisotopic (exact) mass is 1000 g/mol. The first kappa shape index (κ1) is 52.2. The molecule has 4 N–H and O–H groups in total. The number of ether oxygens (including phenoxy) is 4. The van der Waals surface area contributed by atoms with Gasteiger partial charge in [-0.1, -0.05) is 36.4 Å². The third-order valence-corrected chi connectivity index (χ3v) is 12.4. The van der Waals surface area contributed by atoms with Crippen LogP contribution in [-0.4, -0.2) is 88.7 Å². The maximum Gasteiger partial charge on any atom is 0.337 e. The number of nitrogens with zero attached hydrogens (tertiary/aromatic N) is 4. The number of fused-ring (bicyclic) bond motifs is 2. The van der Waals surface area contributed by atoms with Crippen molar-refractivity contribution in [2.45, 2.75) is 104 Å². The Labute approximate surface area is 427 Å². The maximum atomic E-state index is 12.5. The van der Waals surface area contributed by atoms with Crippen LogP contribution in [0.3, 0.4) is 0 Å². The Bertz CT molecular complexity index is 3260. The van der Waals surface area contributed by atoms with Crippen molar-refractivity contribution in [3.05, 3.63) is 131 Å². The molecule has 16 nitrogen and oxygen atoms in total. The minimum absolute atomic E-state index is 0.296. The number of pyridine rings is 4. The molecule has 4 aromatic carbocycles. The van der Waals surface area contributed by atoms with Crippen molar-refractivity contribution >= 4 is 67.5 Å². The molecular weight excluding hydrogens is 945 g/mol. The molecule has 74 heavy (non-hydrogen) atoms. The van der Waals surface area contributed by atoms with Gasteiger partial charge in [0.05, 0.1) is 59.3 Å². The molecule has 0 spiro atoms. The SMILES string of the molecule is Cc1nc2ccccc2c(-c2ccc3c4c(ccnc24)CCO3)c1[C@H](OC(C)(C)C)C(=O)O.Cc1nc2ccccc2c(-c2ccc3c4c(ccnc24)CCO3)c1[C@H](OC(C)(C)C)C(=O)O.O=C(O)CCC(=O)O. The molecule has 0 saturated carbocycles. The quantitative estimate of drug-likeness (QED) is 0.0942. The number of aliphatic carboxylic acids is 4. The van der Waals surface area contributed by atoms with Gasteiger partial charge in [-0.05, 0) is 115 Å². The second-order valence-corrected chi connectivity index (χ2v) is 20.0. The van der Waals surface area contributed by atoms with E-state index in [0.29, 0.717) is 35.7 Å². The molecule has 2 aliphatic rings. The zero-order chi connectivity index (χ0) is 53.2. The van der Waals surface area contributed by atoms with Gasteiger partial charge in [0.2, 0.25) is 0 Å². The van der Waals surface area contributed by atoms with Crippen molar-refractivity contribution in [2.24, 2.45) is 0 Å². The number of aryl methyl sites for hydroxylation is 2. The summed E-state index contributed by atoms with van der Waals surface area (Å²) < 4.78 is 24.0. The van der Waals surface area contributed by atoms with E-state index in [4.69, 9.17) is 49.1 Å². The molecule has 0 fully saturated rings. The first-order chi connectivity index (χ1) is 35.1. The van der Waals surface area contributed by atoms with Gasteiger partial charge in [0.25, 0.3) is 0 Å². The van der Waals surface area contributed by atoms with Gasteiger partial charge in [-0.25, -0.2) is 9.59 Å². The van der Waals surface area contributed by atoms with Gasteiger partial charge < -0.3 is 39.4 Å². The summed E-state index contributed by atoms with van der Waals surface area (Å²) in [6.07, 6.45) is 2.29. The Morgan fingerprint density at radius 2 is 0.932 bits per heavy atom. The lowest BCUT2D eigenvalue weighted by atomic mass is 9.88. The Morgan fingerprint density at radius 3 is 1.28 bits per heavy atom. The van der Waals surface area contributed by atoms with E-state index in [1.165, 1.54) is 11.1 Å². The summed E-state index contributed by atoms with van der Waals surface area (Å²) in [6.45, 7) is 16.1. The number of carboxylic acid groups (broad SMARTS) is 4. The van der Waals surface area contributed by atoms with Crippen molar-refractivity contribution in [3.8, 4) is 33.8 Å². The van der Waals surface area contributed by atoms with Crippen molar-refractivity contribution in [2.75, 3.05) is 13.2 Å². The average Bonchev–Trinajstić information content (AvgIpc) is 3.34. The highest BCUT2D eigenvalue weighted by Crippen LogP contribution is 2.46. The molecule has 4 aromatic heterocycles. The molecule has 382 valence electrons. The summed E-state index contributed by atoms with van der Waals surface area (Å²) in [5.41, 5.74) is 9.84. The highest BCUT2D eigenvalue weighted by molar-refractivity contribution is 6.09. The molecule has 2 aliphatic heterocycles. The second kappa shape index (κ2) is 21.2. The number of carboxylic acids is 4. The third-order valence-electron chi connectivity index (χ3n) is 12.4. The van der Waals surface area contributed by atoms with E-state index in [2.05, 4.69) is 0 Å².